The third-order valence-corrected chi connectivity index (χ3v) is 4.57. The van der Waals surface area contributed by atoms with E-state index in [0.717, 1.165) is 16.8 Å². The first-order valence-corrected chi connectivity index (χ1v) is 9.03. The van der Waals surface area contributed by atoms with Crippen LogP contribution in [0.15, 0.2) is 64.5 Å². The Hall–Kier alpha value is -3.45. The van der Waals surface area contributed by atoms with Gasteiger partial charge in [-0.25, -0.2) is 4.98 Å². The summed E-state index contributed by atoms with van der Waals surface area (Å²) in [5.74, 6) is 0.934. The zero-order valence-electron chi connectivity index (χ0n) is 14.4. The first kappa shape index (κ1) is 17.0. The molecule has 1 amide bonds. The van der Waals surface area contributed by atoms with Gasteiger partial charge in [0.1, 0.15) is 11.5 Å². The number of nitrogens with one attached hydrogen (secondary N) is 1. The third-order valence-electron chi connectivity index (χ3n) is 3.81. The number of fused-ring (bicyclic) bond motifs is 1. The molecule has 0 bridgehead atoms. The van der Waals surface area contributed by atoms with Gasteiger partial charge in [-0.1, -0.05) is 18.2 Å². The largest absolute Gasteiger partial charge is 0.493 e. The van der Waals surface area contributed by atoms with E-state index in [0.29, 0.717) is 22.2 Å². The number of nitrogens with zero attached hydrogens (tertiary/aromatic N) is 2. The summed E-state index contributed by atoms with van der Waals surface area (Å²) in [5.41, 5.74) is 2.14. The highest BCUT2D eigenvalue weighted by Crippen LogP contribution is 2.29. The Balaban J connectivity index is 1.46. The van der Waals surface area contributed by atoms with Gasteiger partial charge in [-0.05, 0) is 30.3 Å². The summed E-state index contributed by atoms with van der Waals surface area (Å²) < 4.78 is 11.0. The second-order valence-corrected chi connectivity index (χ2v) is 6.46. The maximum absolute atomic E-state index is 12.2. The molecule has 1 aromatic carbocycles. The second-order valence-electron chi connectivity index (χ2n) is 5.60. The van der Waals surface area contributed by atoms with E-state index in [4.69, 9.17) is 9.15 Å². The Morgan fingerprint density at radius 1 is 1.22 bits per heavy atom. The number of carbonyl (C=O) groups excluding carboxylic acids is 1. The number of furan rings is 1. The predicted molar refractivity (Wildman–Crippen MR) is 106 cm³/mol. The smallest absolute Gasteiger partial charge is 0.250 e. The number of hydrogen-bond donors (Lipinski definition) is 1. The molecule has 4 aromatic rings. The molecule has 0 unspecified atom stereocenters. The molecule has 6 nitrogen and oxygen atoms in total. The molecule has 4 rings (SSSR count). The highest BCUT2D eigenvalue weighted by Gasteiger charge is 2.09. The average Bonchev–Trinajstić information content (AvgIpc) is 3.33. The van der Waals surface area contributed by atoms with Crippen LogP contribution >= 0.6 is 11.3 Å². The van der Waals surface area contributed by atoms with Crippen LogP contribution in [0.4, 0.5) is 5.13 Å². The fourth-order valence-electron chi connectivity index (χ4n) is 2.57. The van der Waals surface area contributed by atoms with Crippen LogP contribution in [0.25, 0.3) is 28.4 Å². The van der Waals surface area contributed by atoms with Crippen molar-refractivity contribution in [3.63, 3.8) is 0 Å². The van der Waals surface area contributed by atoms with Crippen LogP contribution in [-0.4, -0.2) is 23.0 Å². The van der Waals surface area contributed by atoms with Crippen LogP contribution in [0.1, 0.15) is 5.76 Å². The minimum absolute atomic E-state index is 0.288. The number of methoxy groups -OCH3 is 1. The van der Waals surface area contributed by atoms with Crippen molar-refractivity contribution >= 4 is 39.4 Å². The number of para-hydroxylation sites is 1. The molecule has 0 saturated heterocycles. The number of pyridine rings is 1. The Bertz CT molecular complexity index is 1120. The molecule has 0 radical (unpaired) electrons. The van der Waals surface area contributed by atoms with Gasteiger partial charge in [-0.2, -0.15) is 0 Å². The Labute approximate surface area is 159 Å². The molecule has 27 heavy (non-hydrogen) atoms. The molecule has 0 aliphatic heterocycles. The van der Waals surface area contributed by atoms with Crippen molar-refractivity contribution in [3.8, 4) is 17.1 Å². The van der Waals surface area contributed by atoms with E-state index in [1.54, 1.807) is 19.4 Å². The van der Waals surface area contributed by atoms with E-state index in [1.165, 1.54) is 17.4 Å². The molecule has 0 saturated carbocycles. The van der Waals surface area contributed by atoms with E-state index in [2.05, 4.69) is 15.3 Å². The fourth-order valence-corrected chi connectivity index (χ4v) is 3.27. The molecule has 1 N–H and O–H groups in total. The molecule has 3 heterocycles. The number of rotatable bonds is 5. The SMILES string of the molecule is COc1cccc2cc(C=CC(=O)Nc3nc(-c4ccccn4)cs3)oc12. The minimum atomic E-state index is -0.288. The maximum Gasteiger partial charge on any atom is 0.250 e. The lowest BCUT2D eigenvalue weighted by molar-refractivity contribution is -0.111. The van der Waals surface area contributed by atoms with Crippen molar-refractivity contribution in [2.75, 3.05) is 12.4 Å². The summed E-state index contributed by atoms with van der Waals surface area (Å²) in [6, 6.07) is 13.1. The van der Waals surface area contributed by atoms with E-state index in [-0.39, 0.29) is 5.91 Å². The Morgan fingerprint density at radius 3 is 2.96 bits per heavy atom. The van der Waals surface area contributed by atoms with Crippen molar-refractivity contribution in [3.05, 3.63) is 65.9 Å². The quantitative estimate of drug-likeness (QED) is 0.514. The summed E-state index contributed by atoms with van der Waals surface area (Å²) in [6.45, 7) is 0. The van der Waals surface area contributed by atoms with Gasteiger partial charge in [0.05, 0.1) is 12.8 Å². The van der Waals surface area contributed by atoms with Gasteiger partial charge in [0.15, 0.2) is 16.5 Å². The van der Waals surface area contributed by atoms with Gasteiger partial charge in [0.25, 0.3) is 0 Å². The number of hydrogen-bond acceptors (Lipinski definition) is 6. The van der Waals surface area contributed by atoms with Crippen molar-refractivity contribution < 1.29 is 13.9 Å². The predicted octanol–water partition coefficient (Wildman–Crippen LogP) is 4.61. The lowest BCUT2D eigenvalue weighted by atomic mass is 10.2. The van der Waals surface area contributed by atoms with Crippen molar-refractivity contribution in [1.29, 1.82) is 0 Å². The summed E-state index contributed by atoms with van der Waals surface area (Å²) in [7, 11) is 1.59. The lowest BCUT2D eigenvalue weighted by Gasteiger charge is -1.98. The number of anilines is 1. The van der Waals surface area contributed by atoms with Crippen LogP contribution in [0.2, 0.25) is 0 Å². The topological polar surface area (TPSA) is 77.2 Å². The van der Waals surface area contributed by atoms with Crippen LogP contribution in [0, 0.1) is 0 Å². The molecule has 0 atom stereocenters. The molecule has 0 fully saturated rings. The summed E-state index contributed by atoms with van der Waals surface area (Å²) in [5, 5.41) is 6.02. The summed E-state index contributed by atoms with van der Waals surface area (Å²) in [4.78, 5) is 20.8. The number of thiazole rings is 1. The highest BCUT2D eigenvalue weighted by molar-refractivity contribution is 7.14. The van der Waals surface area contributed by atoms with Gasteiger partial charge in [-0.3, -0.25) is 15.1 Å². The monoisotopic (exact) mass is 377 g/mol. The number of carbonyl (C=O) groups is 1. The molecular formula is C20H15N3O3S. The van der Waals surface area contributed by atoms with E-state index in [1.807, 2.05) is 47.8 Å². The summed E-state index contributed by atoms with van der Waals surface area (Å²) >= 11 is 1.35. The van der Waals surface area contributed by atoms with Gasteiger partial charge in [-0.15, -0.1) is 11.3 Å². The molecule has 134 valence electrons. The minimum Gasteiger partial charge on any atom is -0.493 e. The molecule has 0 aliphatic carbocycles. The van der Waals surface area contributed by atoms with Crippen molar-refractivity contribution in [2.45, 2.75) is 0 Å². The van der Waals surface area contributed by atoms with E-state index in [9.17, 15) is 4.79 Å². The third kappa shape index (κ3) is 3.73. The van der Waals surface area contributed by atoms with Crippen molar-refractivity contribution in [2.24, 2.45) is 0 Å². The molecule has 0 spiro atoms. The number of benzene rings is 1. The normalized spacial score (nSPS) is 11.1. The summed E-state index contributed by atoms with van der Waals surface area (Å²) in [6.07, 6.45) is 4.73. The van der Waals surface area contributed by atoms with Gasteiger partial charge in [0.2, 0.25) is 5.91 Å². The lowest BCUT2D eigenvalue weighted by Crippen LogP contribution is -2.07. The zero-order chi connectivity index (χ0) is 18.6. The standard InChI is InChI=1S/C20H15N3O3S/c1-25-17-7-4-5-13-11-14(26-19(13)17)8-9-18(24)23-20-22-16(12-27-20)15-6-2-3-10-21-15/h2-12H,1H3,(H,22,23,24). The maximum atomic E-state index is 12.2. The molecule has 0 aliphatic rings. The van der Waals surface area contributed by atoms with Crippen LogP contribution in [-0.2, 0) is 4.79 Å². The number of aromatic nitrogens is 2. The van der Waals surface area contributed by atoms with Gasteiger partial charge in [0, 0.05) is 23.0 Å². The van der Waals surface area contributed by atoms with E-state index >= 15 is 0 Å². The second kappa shape index (κ2) is 7.43. The first-order chi connectivity index (χ1) is 13.2. The van der Waals surface area contributed by atoms with E-state index < -0.39 is 0 Å². The first-order valence-electron chi connectivity index (χ1n) is 8.15. The van der Waals surface area contributed by atoms with Crippen LogP contribution in [0.5, 0.6) is 5.75 Å². The van der Waals surface area contributed by atoms with Crippen molar-refractivity contribution in [1.82, 2.24) is 9.97 Å². The molecule has 7 heteroatoms. The van der Waals surface area contributed by atoms with Crippen LogP contribution < -0.4 is 10.1 Å². The Morgan fingerprint density at radius 2 is 2.15 bits per heavy atom. The fraction of sp³-hybridized carbons (Fsp3) is 0.0500. The highest BCUT2D eigenvalue weighted by atomic mass is 32.1. The Kier molecular flexibility index (Phi) is 4.67. The number of amides is 1. The van der Waals surface area contributed by atoms with Crippen LogP contribution in [0.3, 0.4) is 0 Å². The molecular weight excluding hydrogens is 362 g/mol. The van der Waals surface area contributed by atoms with Gasteiger partial charge < -0.3 is 9.15 Å². The average molecular weight is 377 g/mol. The molecule has 3 aromatic heterocycles. The van der Waals surface area contributed by atoms with Gasteiger partial charge >= 0.3 is 0 Å². The number of ether oxygens (including phenoxy) is 1. The zero-order valence-corrected chi connectivity index (χ0v) is 15.2.